The van der Waals surface area contributed by atoms with Crippen molar-refractivity contribution in [3.05, 3.63) is 6.92 Å². The normalized spacial score (nSPS) is 13.6. The van der Waals surface area contributed by atoms with Crippen molar-refractivity contribution in [3.63, 3.8) is 0 Å². The highest BCUT2D eigenvalue weighted by atomic mass is 16.1. The molecule has 0 fully saturated rings. The molecule has 0 spiro atoms. The van der Waals surface area contributed by atoms with Crippen molar-refractivity contribution in [1.29, 1.82) is 0 Å². The maximum Gasteiger partial charge on any atom is 0.209 e. The molecule has 0 aromatic carbocycles. The van der Waals surface area contributed by atoms with Crippen molar-refractivity contribution in [1.82, 2.24) is 9.80 Å². The van der Waals surface area contributed by atoms with Crippen molar-refractivity contribution < 1.29 is 4.79 Å². The van der Waals surface area contributed by atoms with Gasteiger partial charge in [-0.1, -0.05) is 0 Å². The third-order valence-corrected chi connectivity index (χ3v) is 2.17. The van der Waals surface area contributed by atoms with E-state index in [1.165, 1.54) is 0 Å². The Hall–Kier alpha value is -0.570. The number of hydrogen-bond donors (Lipinski definition) is 0. The van der Waals surface area contributed by atoms with Crippen molar-refractivity contribution in [2.75, 3.05) is 20.6 Å². The monoisotopic (exact) mass is 171 g/mol. The fourth-order valence-corrected chi connectivity index (χ4v) is 0.829. The molecule has 2 atom stereocenters. The van der Waals surface area contributed by atoms with E-state index >= 15 is 0 Å². The zero-order valence-corrected chi connectivity index (χ0v) is 8.45. The van der Waals surface area contributed by atoms with E-state index < -0.39 is 0 Å². The molecule has 3 heteroatoms. The second kappa shape index (κ2) is 5.14. The highest BCUT2D eigenvalue weighted by Crippen LogP contribution is 1.99. The molecule has 12 heavy (non-hydrogen) atoms. The van der Waals surface area contributed by atoms with Crippen LogP contribution in [0.3, 0.4) is 0 Å². The average molecular weight is 171 g/mol. The maximum atomic E-state index is 10.4. The molecule has 0 bridgehead atoms. The highest BCUT2D eigenvalue weighted by molar-refractivity contribution is 5.46. The summed E-state index contributed by atoms with van der Waals surface area (Å²) in [6.45, 7) is 8.81. The van der Waals surface area contributed by atoms with Crippen LogP contribution in [0, 0.1) is 6.92 Å². The Labute approximate surface area is 75.3 Å². The molecule has 0 aromatic heterocycles. The summed E-state index contributed by atoms with van der Waals surface area (Å²) < 4.78 is 0. The van der Waals surface area contributed by atoms with E-state index in [1.807, 2.05) is 20.9 Å². The fraction of sp³-hybridized carbons (Fsp3) is 0.778. The Kier molecular flexibility index (Phi) is 4.90. The van der Waals surface area contributed by atoms with Gasteiger partial charge in [0.05, 0.1) is 0 Å². The van der Waals surface area contributed by atoms with Crippen LogP contribution in [0.1, 0.15) is 13.8 Å². The quantitative estimate of drug-likeness (QED) is 0.566. The minimum Gasteiger partial charge on any atom is -0.344 e. The Bertz CT molecular complexity index is 136. The summed E-state index contributed by atoms with van der Waals surface area (Å²) in [6.07, 6.45) is 0.853. The summed E-state index contributed by atoms with van der Waals surface area (Å²) in [7, 11) is 3.80. The number of nitrogens with zero attached hydrogens (tertiary/aromatic N) is 2. The molecule has 1 radical (unpaired) electrons. The van der Waals surface area contributed by atoms with Gasteiger partial charge in [0, 0.05) is 25.7 Å². The molecule has 0 aliphatic rings. The van der Waals surface area contributed by atoms with E-state index in [2.05, 4.69) is 11.8 Å². The summed E-state index contributed by atoms with van der Waals surface area (Å²) in [5.41, 5.74) is 0. The van der Waals surface area contributed by atoms with Crippen LogP contribution in [-0.4, -0.2) is 48.9 Å². The maximum absolute atomic E-state index is 10.4. The van der Waals surface area contributed by atoms with E-state index in [1.54, 1.807) is 11.9 Å². The Morgan fingerprint density at radius 3 is 2.25 bits per heavy atom. The van der Waals surface area contributed by atoms with E-state index in [0.29, 0.717) is 0 Å². The van der Waals surface area contributed by atoms with E-state index in [-0.39, 0.29) is 12.1 Å². The van der Waals surface area contributed by atoms with Crippen LogP contribution in [0.5, 0.6) is 0 Å². The molecule has 0 aliphatic heterocycles. The lowest BCUT2D eigenvalue weighted by Crippen LogP contribution is -2.40. The molecule has 0 saturated carbocycles. The number of carbonyl (C=O) groups is 1. The number of rotatable bonds is 5. The first-order chi connectivity index (χ1) is 5.49. The number of hydrogen-bond acceptors (Lipinski definition) is 2. The molecular weight excluding hydrogens is 152 g/mol. The van der Waals surface area contributed by atoms with Crippen LogP contribution in [0.25, 0.3) is 0 Å². The molecule has 3 nitrogen and oxygen atoms in total. The minimum atomic E-state index is 0.247. The largest absolute Gasteiger partial charge is 0.344 e. The molecule has 0 aromatic rings. The number of likely N-dealkylation sites (N-methyl/N-ethyl adjacent to an activating group) is 2. The van der Waals surface area contributed by atoms with E-state index in [9.17, 15) is 4.79 Å². The zero-order chi connectivity index (χ0) is 9.72. The van der Waals surface area contributed by atoms with Gasteiger partial charge >= 0.3 is 0 Å². The second-order valence-corrected chi connectivity index (χ2v) is 3.41. The van der Waals surface area contributed by atoms with Gasteiger partial charge in [-0.2, -0.15) is 0 Å². The summed E-state index contributed by atoms with van der Waals surface area (Å²) in [5, 5.41) is 0. The van der Waals surface area contributed by atoms with Crippen LogP contribution in [0.2, 0.25) is 0 Å². The second-order valence-electron chi connectivity index (χ2n) is 3.41. The number of carbonyl (C=O) groups excluding carboxylic acids is 1. The predicted molar refractivity (Wildman–Crippen MR) is 50.7 cm³/mol. The number of amides is 1. The van der Waals surface area contributed by atoms with Crippen molar-refractivity contribution in [3.8, 4) is 0 Å². The minimum absolute atomic E-state index is 0.247. The first-order valence-corrected chi connectivity index (χ1v) is 4.19. The van der Waals surface area contributed by atoms with Crippen LogP contribution in [0.15, 0.2) is 0 Å². The summed E-state index contributed by atoms with van der Waals surface area (Å²) in [4.78, 5) is 14.2. The third kappa shape index (κ3) is 3.72. The molecule has 1 amide bonds. The van der Waals surface area contributed by atoms with Crippen LogP contribution in [-0.2, 0) is 4.79 Å². The van der Waals surface area contributed by atoms with Gasteiger partial charge in [-0.05, 0) is 27.8 Å². The van der Waals surface area contributed by atoms with Gasteiger partial charge in [-0.15, -0.1) is 0 Å². The van der Waals surface area contributed by atoms with Gasteiger partial charge in [0.25, 0.3) is 0 Å². The van der Waals surface area contributed by atoms with Crippen LogP contribution < -0.4 is 0 Å². The molecule has 0 rings (SSSR count). The van der Waals surface area contributed by atoms with E-state index in [4.69, 9.17) is 0 Å². The molecule has 0 heterocycles. The van der Waals surface area contributed by atoms with Crippen molar-refractivity contribution in [2.45, 2.75) is 25.9 Å². The Morgan fingerprint density at radius 1 is 1.42 bits per heavy atom. The van der Waals surface area contributed by atoms with Gasteiger partial charge in [0.15, 0.2) is 0 Å². The lowest BCUT2D eigenvalue weighted by molar-refractivity contribution is -0.118. The van der Waals surface area contributed by atoms with Crippen LogP contribution in [0.4, 0.5) is 0 Å². The lowest BCUT2D eigenvalue weighted by atomic mass is 10.2. The lowest BCUT2D eigenvalue weighted by Gasteiger charge is -2.28. The van der Waals surface area contributed by atoms with Gasteiger partial charge in [0.1, 0.15) is 0 Å². The van der Waals surface area contributed by atoms with Gasteiger partial charge in [-0.25, -0.2) is 0 Å². The predicted octanol–water partition coefficient (Wildman–Crippen LogP) is 0.617. The third-order valence-electron chi connectivity index (χ3n) is 2.17. The molecule has 2 unspecified atom stereocenters. The summed E-state index contributed by atoms with van der Waals surface area (Å²) in [5.74, 6) is 0. The Balaban J connectivity index is 3.82. The highest BCUT2D eigenvalue weighted by Gasteiger charge is 2.11. The molecule has 0 aliphatic carbocycles. The first-order valence-electron chi connectivity index (χ1n) is 4.19. The van der Waals surface area contributed by atoms with Gasteiger partial charge in [-0.3, -0.25) is 4.79 Å². The molecule has 71 valence electrons. The zero-order valence-electron chi connectivity index (χ0n) is 8.45. The SMILES string of the molecule is [CH2]C(C)N(C)CC(C)N(C)C=O. The summed E-state index contributed by atoms with van der Waals surface area (Å²) in [6, 6.07) is 0.532. The van der Waals surface area contributed by atoms with Crippen molar-refractivity contribution >= 4 is 6.41 Å². The topological polar surface area (TPSA) is 23.6 Å². The molecule has 0 saturated heterocycles. The average Bonchev–Trinajstić information content (AvgIpc) is 2.02. The smallest absolute Gasteiger partial charge is 0.209 e. The fourth-order valence-electron chi connectivity index (χ4n) is 0.829. The van der Waals surface area contributed by atoms with Crippen LogP contribution >= 0.6 is 0 Å². The van der Waals surface area contributed by atoms with Crippen molar-refractivity contribution in [2.24, 2.45) is 0 Å². The van der Waals surface area contributed by atoms with Gasteiger partial charge in [0.2, 0.25) is 6.41 Å². The van der Waals surface area contributed by atoms with E-state index in [0.717, 1.165) is 13.0 Å². The molecular formula is C9H19N2O. The Morgan fingerprint density at radius 2 is 1.92 bits per heavy atom. The standard InChI is InChI=1S/C9H19N2O/c1-8(2)10(4)6-9(3)11(5)7-12/h7-9H,1,6H2,2-5H3. The summed E-state index contributed by atoms with van der Waals surface area (Å²) >= 11 is 0. The molecule has 0 N–H and O–H groups in total. The first kappa shape index (κ1) is 11.4. The van der Waals surface area contributed by atoms with Gasteiger partial charge < -0.3 is 9.80 Å².